The molecule has 2 aliphatic heterocycles. The summed E-state index contributed by atoms with van der Waals surface area (Å²) in [4.78, 5) is 11.8. The lowest BCUT2D eigenvalue weighted by Gasteiger charge is -2.12. The second-order valence-corrected chi connectivity index (χ2v) is 5.69. The Labute approximate surface area is 124 Å². The highest BCUT2D eigenvalue weighted by atomic mass is 16.5. The van der Waals surface area contributed by atoms with E-state index in [1.165, 1.54) is 12.8 Å². The number of nitrogens with zero attached hydrogens (tertiary/aromatic N) is 3. The second kappa shape index (κ2) is 6.89. The maximum absolute atomic E-state index is 11.8. The van der Waals surface area contributed by atoms with Gasteiger partial charge in [-0.3, -0.25) is 0 Å². The predicted octanol–water partition coefficient (Wildman–Crippen LogP) is 0.983. The smallest absolute Gasteiger partial charge is 0.315 e. The lowest BCUT2D eigenvalue weighted by Crippen LogP contribution is -2.39. The number of nitrogens with one attached hydrogen (secondary N) is 2. The first-order valence-electron chi connectivity index (χ1n) is 7.87. The number of aromatic nitrogens is 3. The summed E-state index contributed by atoms with van der Waals surface area (Å²) < 4.78 is 7.62. The van der Waals surface area contributed by atoms with Crippen LogP contribution in [0.2, 0.25) is 0 Å². The lowest BCUT2D eigenvalue weighted by molar-refractivity contribution is 0.111. The van der Waals surface area contributed by atoms with Crippen molar-refractivity contribution in [1.82, 2.24) is 25.4 Å². The molecule has 0 aromatic carbocycles. The Morgan fingerprint density at radius 1 is 1.24 bits per heavy atom. The van der Waals surface area contributed by atoms with E-state index in [9.17, 15) is 4.79 Å². The van der Waals surface area contributed by atoms with Gasteiger partial charge in [0, 0.05) is 26.1 Å². The molecule has 0 saturated carbocycles. The van der Waals surface area contributed by atoms with Gasteiger partial charge in [0.05, 0.1) is 12.6 Å². The van der Waals surface area contributed by atoms with Crippen LogP contribution in [0.3, 0.4) is 0 Å². The van der Waals surface area contributed by atoms with Gasteiger partial charge in [-0.15, -0.1) is 10.2 Å². The van der Waals surface area contributed by atoms with Crippen molar-refractivity contribution in [2.24, 2.45) is 0 Å². The van der Waals surface area contributed by atoms with E-state index in [4.69, 9.17) is 4.74 Å². The summed E-state index contributed by atoms with van der Waals surface area (Å²) in [6, 6.07) is -0.170. The van der Waals surface area contributed by atoms with Gasteiger partial charge in [-0.05, 0) is 25.7 Å². The minimum atomic E-state index is -0.170. The van der Waals surface area contributed by atoms with Gasteiger partial charge in [0.15, 0.2) is 5.82 Å². The van der Waals surface area contributed by atoms with Gasteiger partial charge in [-0.25, -0.2) is 4.79 Å². The molecule has 7 heteroatoms. The standard InChI is InChI=1S/C14H23N5O2/c20-14(15-9-11-5-4-8-21-11)16-10-13-18-17-12-6-2-1-3-7-19(12)13/h11H,1-10H2,(H2,15,16,20). The fourth-order valence-corrected chi connectivity index (χ4v) is 2.91. The molecule has 1 aromatic heterocycles. The molecule has 116 valence electrons. The molecule has 3 heterocycles. The molecule has 2 aliphatic rings. The zero-order valence-corrected chi connectivity index (χ0v) is 12.3. The normalized spacial score (nSPS) is 21.6. The molecule has 1 fully saturated rings. The van der Waals surface area contributed by atoms with Gasteiger partial charge in [-0.1, -0.05) is 6.42 Å². The highest BCUT2D eigenvalue weighted by molar-refractivity contribution is 5.73. The maximum atomic E-state index is 11.8. The topological polar surface area (TPSA) is 81.1 Å². The van der Waals surface area contributed by atoms with E-state index in [2.05, 4.69) is 25.4 Å². The quantitative estimate of drug-likeness (QED) is 0.867. The number of aryl methyl sites for hydroxylation is 1. The predicted molar refractivity (Wildman–Crippen MR) is 76.8 cm³/mol. The first-order valence-corrected chi connectivity index (χ1v) is 7.87. The molecule has 1 unspecified atom stereocenters. The van der Waals surface area contributed by atoms with Crippen molar-refractivity contribution in [3.63, 3.8) is 0 Å². The van der Waals surface area contributed by atoms with Crippen LogP contribution in [0.1, 0.15) is 43.8 Å². The molecule has 1 saturated heterocycles. The van der Waals surface area contributed by atoms with E-state index in [0.717, 1.165) is 50.5 Å². The Bertz CT molecular complexity index is 482. The summed E-state index contributed by atoms with van der Waals surface area (Å²) >= 11 is 0. The van der Waals surface area contributed by atoms with Crippen LogP contribution in [0.5, 0.6) is 0 Å². The minimum Gasteiger partial charge on any atom is -0.376 e. The summed E-state index contributed by atoms with van der Waals surface area (Å²) in [5, 5.41) is 14.1. The first kappa shape index (κ1) is 14.3. The number of fused-ring (bicyclic) bond motifs is 1. The molecule has 7 nitrogen and oxygen atoms in total. The van der Waals surface area contributed by atoms with E-state index in [1.54, 1.807) is 0 Å². The van der Waals surface area contributed by atoms with Crippen LogP contribution in [0.25, 0.3) is 0 Å². The van der Waals surface area contributed by atoms with Crippen molar-refractivity contribution >= 4 is 6.03 Å². The maximum Gasteiger partial charge on any atom is 0.315 e. The highest BCUT2D eigenvalue weighted by Crippen LogP contribution is 2.14. The number of hydrogen-bond acceptors (Lipinski definition) is 4. The fourth-order valence-electron chi connectivity index (χ4n) is 2.91. The summed E-state index contributed by atoms with van der Waals surface area (Å²) in [5.41, 5.74) is 0. The molecule has 2 N–H and O–H groups in total. The SMILES string of the molecule is O=C(NCc1nnc2n1CCCCC2)NCC1CCCO1. The summed E-state index contributed by atoms with van der Waals surface area (Å²) in [5.74, 6) is 1.89. The van der Waals surface area contributed by atoms with Gasteiger partial charge in [0.25, 0.3) is 0 Å². The van der Waals surface area contributed by atoms with Crippen LogP contribution >= 0.6 is 0 Å². The summed E-state index contributed by atoms with van der Waals surface area (Å²) in [6.07, 6.45) is 6.82. The number of urea groups is 1. The molecular formula is C14H23N5O2. The number of amides is 2. The monoisotopic (exact) mass is 293 g/mol. The minimum absolute atomic E-state index is 0.167. The Morgan fingerprint density at radius 2 is 2.19 bits per heavy atom. The van der Waals surface area contributed by atoms with Crippen LogP contribution in [-0.2, 0) is 24.2 Å². The number of rotatable bonds is 4. The van der Waals surface area contributed by atoms with Crippen molar-refractivity contribution in [2.75, 3.05) is 13.2 Å². The largest absolute Gasteiger partial charge is 0.376 e. The number of ether oxygens (including phenoxy) is 1. The number of carbonyl (C=O) groups excluding carboxylic acids is 1. The van der Waals surface area contributed by atoms with Crippen LogP contribution in [0.4, 0.5) is 4.79 Å². The molecule has 21 heavy (non-hydrogen) atoms. The van der Waals surface area contributed by atoms with E-state index in [0.29, 0.717) is 13.1 Å². The van der Waals surface area contributed by atoms with Crippen molar-refractivity contribution < 1.29 is 9.53 Å². The van der Waals surface area contributed by atoms with Crippen LogP contribution in [0, 0.1) is 0 Å². The van der Waals surface area contributed by atoms with Crippen molar-refractivity contribution in [3.05, 3.63) is 11.6 Å². The van der Waals surface area contributed by atoms with Gasteiger partial charge >= 0.3 is 6.03 Å². The zero-order valence-electron chi connectivity index (χ0n) is 12.3. The Morgan fingerprint density at radius 3 is 3.05 bits per heavy atom. The molecule has 1 atom stereocenters. The molecule has 3 rings (SSSR count). The van der Waals surface area contributed by atoms with E-state index in [-0.39, 0.29) is 12.1 Å². The number of carbonyl (C=O) groups is 1. The average molecular weight is 293 g/mol. The molecule has 0 aliphatic carbocycles. The lowest BCUT2D eigenvalue weighted by atomic mass is 10.2. The fraction of sp³-hybridized carbons (Fsp3) is 0.786. The van der Waals surface area contributed by atoms with Gasteiger partial charge in [0.2, 0.25) is 0 Å². The van der Waals surface area contributed by atoms with E-state index in [1.807, 2.05) is 0 Å². The van der Waals surface area contributed by atoms with E-state index >= 15 is 0 Å². The third kappa shape index (κ3) is 3.72. The Hall–Kier alpha value is -1.63. The van der Waals surface area contributed by atoms with Crippen molar-refractivity contribution in [3.8, 4) is 0 Å². The first-order chi connectivity index (χ1) is 10.3. The molecule has 0 bridgehead atoms. The molecular weight excluding hydrogens is 270 g/mol. The third-order valence-electron chi connectivity index (χ3n) is 4.11. The summed E-state index contributed by atoms with van der Waals surface area (Å²) in [7, 11) is 0. The Kier molecular flexibility index (Phi) is 4.69. The van der Waals surface area contributed by atoms with Gasteiger partial charge in [0.1, 0.15) is 5.82 Å². The molecule has 2 amide bonds. The third-order valence-corrected chi connectivity index (χ3v) is 4.11. The molecule has 0 radical (unpaired) electrons. The molecule has 1 aromatic rings. The van der Waals surface area contributed by atoms with E-state index < -0.39 is 0 Å². The highest BCUT2D eigenvalue weighted by Gasteiger charge is 2.17. The second-order valence-electron chi connectivity index (χ2n) is 5.69. The average Bonchev–Trinajstić information content (AvgIpc) is 3.08. The van der Waals surface area contributed by atoms with Crippen LogP contribution in [0.15, 0.2) is 0 Å². The van der Waals surface area contributed by atoms with Gasteiger partial charge in [-0.2, -0.15) is 0 Å². The molecule has 0 spiro atoms. The van der Waals surface area contributed by atoms with Crippen molar-refractivity contribution in [1.29, 1.82) is 0 Å². The summed E-state index contributed by atoms with van der Waals surface area (Å²) in [6.45, 7) is 2.75. The van der Waals surface area contributed by atoms with Crippen LogP contribution in [-0.4, -0.2) is 40.1 Å². The van der Waals surface area contributed by atoms with Crippen molar-refractivity contribution in [2.45, 2.75) is 57.7 Å². The van der Waals surface area contributed by atoms with Gasteiger partial charge < -0.3 is 19.9 Å². The Balaban J connectivity index is 1.46. The zero-order chi connectivity index (χ0) is 14.5. The van der Waals surface area contributed by atoms with Crippen LogP contribution < -0.4 is 10.6 Å². The number of hydrogen-bond donors (Lipinski definition) is 2.